The summed E-state index contributed by atoms with van der Waals surface area (Å²) < 4.78 is 57.2. The Kier molecular flexibility index (Phi) is 6.47. The van der Waals surface area contributed by atoms with Crippen molar-refractivity contribution in [3.63, 3.8) is 0 Å². The number of carbonyl (C=O) groups is 2. The van der Waals surface area contributed by atoms with E-state index in [1.165, 1.54) is 19.1 Å². The molecular formula is C23H23F3N4O4. The largest absolute Gasteiger partial charge is 0.453 e. The lowest BCUT2D eigenvalue weighted by atomic mass is 10.0. The van der Waals surface area contributed by atoms with Crippen molar-refractivity contribution in [2.24, 2.45) is 0 Å². The first kappa shape index (κ1) is 23.6. The zero-order valence-electron chi connectivity index (χ0n) is 18.8. The van der Waals surface area contributed by atoms with Gasteiger partial charge < -0.3 is 24.1 Å². The van der Waals surface area contributed by atoms with E-state index in [0.717, 1.165) is 5.56 Å². The second kappa shape index (κ2) is 9.34. The number of imidazole rings is 1. The number of ether oxygens (including phenoxy) is 2. The molecule has 1 saturated heterocycles. The van der Waals surface area contributed by atoms with Crippen molar-refractivity contribution < 1.29 is 32.2 Å². The number of fused-ring (bicyclic) bond motifs is 1. The van der Waals surface area contributed by atoms with E-state index in [-0.39, 0.29) is 25.3 Å². The molecule has 2 amide bonds. The molecule has 4 rings (SSSR count). The van der Waals surface area contributed by atoms with Gasteiger partial charge in [-0.2, -0.15) is 0 Å². The number of hydrogen-bond acceptors (Lipinski definition) is 5. The molecule has 0 saturated carbocycles. The standard InChI is InChI=1S/C23H23F3N4O4/c1-12-4-5-30-16(9-13-11-29(6-7-34-13)23(32)33-3)21(28-17(30)8-12)18-15(24)10-14(22(31)27-2)19(25)20(18)26/h4-5,8,10,13H,6-7,9,11H2,1-3H3,(H,27,31)/t13-/m0/s1. The molecule has 11 heteroatoms. The Morgan fingerprint density at radius 1 is 1.26 bits per heavy atom. The zero-order chi connectivity index (χ0) is 24.6. The average molecular weight is 476 g/mol. The molecule has 1 N–H and O–H groups in total. The number of carbonyl (C=O) groups excluding carboxylic acids is 2. The van der Waals surface area contributed by atoms with E-state index in [1.54, 1.807) is 22.7 Å². The first-order valence-electron chi connectivity index (χ1n) is 10.6. The van der Waals surface area contributed by atoms with Crippen molar-refractivity contribution >= 4 is 17.6 Å². The van der Waals surface area contributed by atoms with Crippen molar-refractivity contribution in [3.8, 4) is 11.3 Å². The van der Waals surface area contributed by atoms with Gasteiger partial charge in [0.05, 0.1) is 48.9 Å². The number of aryl methyl sites for hydroxylation is 1. The fourth-order valence-electron chi connectivity index (χ4n) is 4.06. The Bertz CT molecular complexity index is 1280. The fourth-order valence-corrected chi connectivity index (χ4v) is 4.06. The molecule has 1 aliphatic rings. The van der Waals surface area contributed by atoms with Crippen LogP contribution in [0.15, 0.2) is 24.4 Å². The molecule has 180 valence electrons. The summed E-state index contributed by atoms with van der Waals surface area (Å²) in [6.45, 7) is 2.63. The summed E-state index contributed by atoms with van der Waals surface area (Å²) in [5, 5.41) is 2.16. The van der Waals surface area contributed by atoms with E-state index in [9.17, 15) is 14.0 Å². The summed E-state index contributed by atoms with van der Waals surface area (Å²) in [6, 6.07) is 4.18. The lowest BCUT2D eigenvalue weighted by molar-refractivity contribution is -0.0241. The molecule has 34 heavy (non-hydrogen) atoms. The van der Waals surface area contributed by atoms with Crippen LogP contribution in [0.25, 0.3) is 16.9 Å². The van der Waals surface area contributed by atoms with Crippen LogP contribution in [0.5, 0.6) is 0 Å². The zero-order valence-corrected chi connectivity index (χ0v) is 18.8. The van der Waals surface area contributed by atoms with Crippen LogP contribution >= 0.6 is 0 Å². The van der Waals surface area contributed by atoms with Crippen molar-refractivity contribution in [1.82, 2.24) is 19.6 Å². The smallest absolute Gasteiger partial charge is 0.409 e. The topological polar surface area (TPSA) is 85.2 Å². The maximum Gasteiger partial charge on any atom is 0.409 e. The van der Waals surface area contributed by atoms with Gasteiger partial charge in [-0.15, -0.1) is 0 Å². The molecule has 0 radical (unpaired) electrons. The Morgan fingerprint density at radius 3 is 2.74 bits per heavy atom. The van der Waals surface area contributed by atoms with E-state index >= 15 is 8.78 Å². The molecular weight excluding hydrogens is 453 g/mol. The highest BCUT2D eigenvalue weighted by Gasteiger charge is 2.31. The number of nitrogens with one attached hydrogen (secondary N) is 1. The van der Waals surface area contributed by atoms with Crippen LogP contribution < -0.4 is 5.32 Å². The van der Waals surface area contributed by atoms with E-state index < -0.39 is 46.7 Å². The van der Waals surface area contributed by atoms with Crippen LogP contribution in [-0.2, 0) is 15.9 Å². The maximum absolute atomic E-state index is 15.1. The SMILES string of the molecule is CNC(=O)c1cc(F)c(-c2nc3cc(C)ccn3c2C[C@H]2CN(C(=O)OC)CCO2)c(F)c1F. The van der Waals surface area contributed by atoms with Crippen molar-refractivity contribution in [2.45, 2.75) is 19.4 Å². The first-order chi connectivity index (χ1) is 16.2. The van der Waals surface area contributed by atoms with Gasteiger partial charge in [0.2, 0.25) is 0 Å². The van der Waals surface area contributed by atoms with E-state index in [2.05, 4.69) is 10.3 Å². The number of nitrogens with zero attached hydrogens (tertiary/aromatic N) is 3. The lowest BCUT2D eigenvalue weighted by Crippen LogP contribution is -2.46. The first-order valence-corrected chi connectivity index (χ1v) is 10.6. The van der Waals surface area contributed by atoms with Gasteiger partial charge in [-0.3, -0.25) is 4.79 Å². The fraction of sp³-hybridized carbons (Fsp3) is 0.348. The number of benzene rings is 1. The molecule has 1 fully saturated rings. The number of amides is 2. The maximum atomic E-state index is 15.1. The van der Waals surface area contributed by atoms with Crippen LogP contribution in [0, 0.1) is 24.4 Å². The van der Waals surface area contributed by atoms with Gasteiger partial charge >= 0.3 is 6.09 Å². The quantitative estimate of drug-likeness (QED) is 0.585. The number of pyridine rings is 1. The van der Waals surface area contributed by atoms with Gasteiger partial charge in [0.1, 0.15) is 11.5 Å². The lowest BCUT2D eigenvalue weighted by Gasteiger charge is -2.32. The Morgan fingerprint density at radius 2 is 2.03 bits per heavy atom. The molecule has 0 unspecified atom stereocenters. The van der Waals surface area contributed by atoms with Crippen molar-refractivity contribution in [3.05, 3.63) is 58.7 Å². The average Bonchev–Trinajstić information content (AvgIpc) is 3.17. The number of aromatic nitrogens is 2. The molecule has 0 spiro atoms. The highest BCUT2D eigenvalue weighted by atomic mass is 19.2. The summed E-state index contributed by atoms with van der Waals surface area (Å²) in [4.78, 5) is 29.7. The third kappa shape index (κ3) is 4.18. The Balaban J connectivity index is 1.83. The van der Waals surface area contributed by atoms with Gasteiger partial charge in [-0.25, -0.2) is 22.9 Å². The molecule has 3 heterocycles. The molecule has 2 aromatic heterocycles. The summed E-state index contributed by atoms with van der Waals surface area (Å²) >= 11 is 0. The summed E-state index contributed by atoms with van der Waals surface area (Å²) in [5.74, 6) is -5.06. The molecule has 0 aliphatic carbocycles. The Hall–Kier alpha value is -3.60. The van der Waals surface area contributed by atoms with Crippen LogP contribution in [0.4, 0.5) is 18.0 Å². The van der Waals surface area contributed by atoms with E-state index in [4.69, 9.17) is 9.47 Å². The molecule has 1 atom stereocenters. The normalized spacial score (nSPS) is 16.1. The predicted molar refractivity (Wildman–Crippen MR) is 116 cm³/mol. The third-order valence-electron chi connectivity index (χ3n) is 5.74. The second-order valence-electron chi connectivity index (χ2n) is 7.94. The van der Waals surface area contributed by atoms with Crippen LogP contribution in [0.2, 0.25) is 0 Å². The minimum absolute atomic E-state index is 0.109. The number of halogens is 3. The summed E-state index contributed by atoms with van der Waals surface area (Å²) in [5.41, 5.74) is 0.107. The van der Waals surface area contributed by atoms with Gasteiger partial charge in [-0.05, 0) is 30.7 Å². The van der Waals surface area contributed by atoms with Crippen LogP contribution in [-0.4, -0.2) is 66.2 Å². The third-order valence-corrected chi connectivity index (χ3v) is 5.74. The van der Waals surface area contributed by atoms with Crippen LogP contribution in [0.1, 0.15) is 21.6 Å². The van der Waals surface area contributed by atoms with Crippen molar-refractivity contribution in [1.29, 1.82) is 0 Å². The Labute approximate surface area is 193 Å². The summed E-state index contributed by atoms with van der Waals surface area (Å²) in [6.07, 6.45) is 0.799. The molecule has 1 aliphatic heterocycles. The molecule has 0 bridgehead atoms. The van der Waals surface area contributed by atoms with Gasteiger partial charge in [-0.1, -0.05) is 0 Å². The number of hydrogen-bond donors (Lipinski definition) is 1. The predicted octanol–water partition coefficient (Wildman–Crippen LogP) is 3.10. The summed E-state index contributed by atoms with van der Waals surface area (Å²) in [7, 11) is 2.51. The minimum Gasteiger partial charge on any atom is -0.453 e. The van der Waals surface area contributed by atoms with Gasteiger partial charge in [0, 0.05) is 26.2 Å². The highest BCUT2D eigenvalue weighted by molar-refractivity contribution is 5.95. The number of morpholine rings is 1. The van der Waals surface area contributed by atoms with Gasteiger partial charge in [0.25, 0.3) is 5.91 Å². The molecule has 8 nitrogen and oxygen atoms in total. The van der Waals surface area contributed by atoms with E-state index in [0.29, 0.717) is 24.0 Å². The molecule has 3 aromatic rings. The number of rotatable bonds is 4. The van der Waals surface area contributed by atoms with Gasteiger partial charge in [0.15, 0.2) is 11.6 Å². The second-order valence-corrected chi connectivity index (χ2v) is 7.94. The minimum atomic E-state index is -1.51. The monoisotopic (exact) mass is 476 g/mol. The molecule has 1 aromatic carbocycles. The van der Waals surface area contributed by atoms with Crippen molar-refractivity contribution in [2.75, 3.05) is 33.9 Å². The highest BCUT2D eigenvalue weighted by Crippen LogP contribution is 2.33. The number of methoxy groups -OCH3 is 1. The van der Waals surface area contributed by atoms with E-state index in [1.807, 2.05) is 6.92 Å². The van der Waals surface area contributed by atoms with Crippen LogP contribution in [0.3, 0.4) is 0 Å².